The molecule has 0 aliphatic carbocycles. The molecule has 0 saturated carbocycles. The molecule has 11 heteroatoms. The molecule has 1 atom stereocenters. The minimum Gasteiger partial charge on any atom is -0.484 e. The standard InChI is InChI=1S/C23H26F4N4O3/c1-16(17-2-8-20(9-3-17)34-15-23(25,26)27)28-22(33)31-12-10-30(11-13-31)14-21(32)29-19-6-4-18(24)5-7-19/h2-9,16H,10-15H2,1H3,(H,28,33)(H,29,32). The fourth-order valence-electron chi connectivity index (χ4n) is 3.42. The molecule has 0 bridgehead atoms. The summed E-state index contributed by atoms with van der Waals surface area (Å²) >= 11 is 0. The molecule has 3 rings (SSSR count). The molecule has 184 valence electrons. The first-order valence-corrected chi connectivity index (χ1v) is 10.7. The number of amides is 3. The highest BCUT2D eigenvalue weighted by Gasteiger charge is 2.28. The number of urea groups is 1. The van der Waals surface area contributed by atoms with Crippen molar-refractivity contribution in [1.82, 2.24) is 15.1 Å². The monoisotopic (exact) mass is 482 g/mol. The SMILES string of the molecule is CC(NC(=O)N1CCN(CC(=O)Nc2ccc(F)cc2)CC1)c1ccc(OCC(F)(F)F)cc1. The fourth-order valence-corrected chi connectivity index (χ4v) is 3.42. The Labute approximate surface area is 194 Å². The van der Waals surface area contributed by atoms with Crippen LogP contribution in [0.3, 0.4) is 0 Å². The predicted molar refractivity (Wildman–Crippen MR) is 118 cm³/mol. The lowest BCUT2D eigenvalue weighted by Gasteiger charge is -2.35. The van der Waals surface area contributed by atoms with Gasteiger partial charge in [-0.25, -0.2) is 9.18 Å². The minimum atomic E-state index is -4.41. The summed E-state index contributed by atoms with van der Waals surface area (Å²) in [5.41, 5.74) is 1.24. The number of piperazine rings is 1. The first-order chi connectivity index (χ1) is 16.1. The quantitative estimate of drug-likeness (QED) is 0.589. The summed E-state index contributed by atoms with van der Waals surface area (Å²) in [5.74, 6) is -0.506. The molecule has 0 spiro atoms. The number of hydrogen-bond acceptors (Lipinski definition) is 4. The molecule has 2 aromatic rings. The van der Waals surface area contributed by atoms with Crippen LogP contribution in [0, 0.1) is 5.82 Å². The van der Waals surface area contributed by atoms with E-state index in [9.17, 15) is 27.2 Å². The van der Waals surface area contributed by atoms with E-state index >= 15 is 0 Å². The smallest absolute Gasteiger partial charge is 0.422 e. The number of carbonyl (C=O) groups excluding carboxylic acids is 2. The summed E-state index contributed by atoms with van der Waals surface area (Å²) in [4.78, 5) is 28.4. The summed E-state index contributed by atoms with van der Waals surface area (Å²) < 4.78 is 54.4. The normalized spacial score (nSPS) is 15.5. The van der Waals surface area contributed by atoms with E-state index in [1.807, 2.05) is 4.90 Å². The second-order valence-electron chi connectivity index (χ2n) is 7.96. The Bertz CT molecular complexity index is 960. The van der Waals surface area contributed by atoms with Crippen LogP contribution in [0.2, 0.25) is 0 Å². The third-order valence-electron chi connectivity index (χ3n) is 5.28. The Morgan fingerprint density at radius 2 is 1.62 bits per heavy atom. The molecule has 1 fully saturated rings. The molecule has 3 amide bonds. The molecule has 34 heavy (non-hydrogen) atoms. The van der Waals surface area contributed by atoms with Gasteiger partial charge < -0.3 is 20.3 Å². The van der Waals surface area contributed by atoms with Crippen LogP contribution in [-0.4, -0.2) is 67.2 Å². The van der Waals surface area contributed by atoms with E-state index in [2.05, 4.69) is 15.4 Å². The molecule has 2 N–H and O–H groups in total. The number of alkyl halides is 3. The van der Waals surface area contributed by atoms with E-state index in [1.165, 1.54) is 36.4 Å². The predicted octanol–water partition coefficient (Wildman–Crippen LogP) is 3.79. The Kier molecular flexibility index (Phi) is 8.32. The zero-order valence-corrected chi connectivity index (χ0v) is 18.6. The van der Waals surface area contributed by atoms with Crippen LogP contribution < -0.4 is 15.4 Å². The van der Waals surface area contributed by atoms with Crippen LogP contribution in [0.5, 0.6) is 5.75 Å². The van der Waals surface area contributed by atoms with Crippen LogP contribution in [0.1, 0.15) is 18.5 Å². The number of benzene rings is 2. The van der Waals surface area contributed by atoms with Gasteiger partial charge in [0.05, 0.1) is 12.6 Å². The topological polar surface area (TPSA) is 73.9 Å². The first kappa shape index (κ1) is 25.3. The van der Waals surface area contributed by atoms with Gasteiger partial charge in [0.25, 0.3) is 0 Å². The van der Waals surface area contributed by atoms with E-state index < -0.39 is 12.8 Å². The molecule has 1 aliphatic heterocycles. The van der Waals surface area contributed by atoms with Crippen molar-refractivity contribution in [2.24, 2.45) is 0 Å². The van der Waals surface area contributed by atoms with Crippen molar-refractivity contribution < 1.29 is 31.9 Å². The number of nitrogens with zero attached hydrogens (tertiary/aromatic N) is 2. The van der Waals surface area contributed by atoms with Gasteiger partial charge in [-0.1, -0.05) is 12.1 Å². The highest BCUT2D eigenvalue weighted by molar-refractivity contribution is 5.92. The van der Waals surface area contributed by atoms with Crippen molar-refractivity contribution in [2.75, 3.05) is 44.6 Å². The molecule has 1 aliphatic rings. The molecule has 2 aromatic carbocycles. The zero-order chi connectivity index (χ0) is 24.7. The summed E-state index contributed by atoms with van der Waals surface area (Å²) in [6.07, 6.45) is -4.41. The van der Waals surface area contributed by atoms with Crippen molar-refractivity contribution in [3.8, 4) is 5.75 Å². The average molecular weight is 482 g/mol. The lowest BCUT2D eigenvalue weighted by atomic mass is 10.1. The lowest BCUT2D eigenvalue weighted by Crippen LogP contribution is -2.53. The number of halogens is 4. The summed E-state index contributed by atoms with van der Waals surface area (Å²) in [7, 11) is 0. The van der Waals surface area contributed by atoms with Crippen molar-refractivity contribution in [2.45, 2.75) is 19.1 Å². The van der Waals surface area contributed by atoms with Crippen molar-refractivity contribution in [1.29, 1.82) is 0 Å². The van der Waals surface area contributed by atoms with Gasteiger partial charge >= 0.3 is 12.2 Å². The molecular weight excluding hydrogens is 456 g/mol. The van der Waals surface area contributed by atoms with Crippen LogP contribution in [0.25, 0.3) is 0 Å². The van der Waals surface area contributed by atoms with Gasteiger partial charge in [-0.2, -0.15) is 13.2 Å². The molecule has 7 nitrogen and oxygen atoms in total. The molecule has 1 unspecified atom stereocenters. The lowest BCUT2D eigenvalue weighted by molar-refractivity contribution is -0.153. The van der Waals surface area contributed by atoms with Gasteiger partial charge in [0.15, 0.2) is 6.61 Å². The maximum atomic E-state index is 13.0. The number of anilines is 1. The summed E-state index contributed by atoms with van der Waals surface area (Å²) in [6, 6.07) is 11.0. The van der Waals surface area contributed by atoms with Gasteiger partial charge in [0, 0.05) is 31.9 Å². The molecular formula is C23H26F4N4O3. The number of nitrogens with one attached hydrogen (secondary N) is 2. The van der Waals surface area contributed by atoms with Crippen LogP contribution in [0.4, 0.5) is 28.0 Å². The Morgan fingerprint density at radius 1 is 1.00 bits per heavy atom. The fraction of sp³-hybridized carbons (Fsp3) is 0.391. The van der Waals surface area contributed by atoms with E-state index in [0.717, 1.165) is 5.56 Å². The average Bonchev–Trinajstić information content (AvgIpc) is 2.79. The van der Waals surface area contributed by atoms with E-state index in [0.29, 0.717) is 31.9 Å². The summed E-state index contributed by atoms with van der Waals surface area (Å²) in [6.45, 7) is 2.48. The Hall–Kier alpha value is -3.34. The van der Waals surface area contributed by atoms with Gasteiger partial charge in [-0.05, 0) is 48.9 Å². The molecule has 1 heterocycles. The second kappa shape index (κ2) is 11.2. The maximum absolute atomic E-state index is 13.0. The summed E-state index contributed by atoms with van der Waals surface area (Å²) in [5, 5.41) is 5.58. The largest absolute Gasteiger partial charge is 0.484 e. The van der Waals surface area contributed by atoms with Crippen molar-refractivity contribution in [3.63, 3.8) is 0 Å². The van der Waals surface area contributed by atoms with E-state index in [4.69, 9.17) is 0 Å². The molecule has 1 saturated heterocycles. The number of ether oxygens (including phenoxy) is 1. The van der Waals surface area contributed by atoms with Gasteiger partial charge in [-0.15, -0.1) is 0 Å². The number of carbonyl (C=O) groups is 2. The highest BCUT2D eigenvalue weighted by Crippen LogP contribution is 2.21. The second-order valence-corrected chi connectivity index (χ2v) is 7.96. The van der Waals surface area contributed by atoms with Crippen LogP contribution >= 0.6 is 0 Å². The molecule has 0 radical (unpaired) electrons. The minimum absolute atomic E-state index is 0.0965. The number of rotatable bonds is 7. The molecule has 0 aromatic heterocycles. The third-order valence-corrected chi connectivity index (χ3v) is 5.28. The Balaban J connectivity index is 1.40. The van der Waals surface area contributed by atoms with Crippen LogP contribution in [-0.2, 0) is 4.79 Å². The van der Waals surface area contributed by atoms with E-state index in [-0.39, 0.29) is 36.1 Å². The number of hydrogen-bond donors (Lipinski definition) is 2. The van der Waals surface area contributed by atoms with Gasteiger partial charge in [0.2, 0.25) is 5.91 Å². The van der Waals surface area contributed by atoms with Gasteiger partial charge in [-0.3, -0.25) is 9.69 Å². The highest BCUT2D eigenvalue weighted by atomic mass is 19.4. The van der Waals surface area contributed by atoms with E-state index in [1.54, 1.807) is 24.0 Å². The Morgan fingerprint density at radius 3 is 2.21 bits per heavy atom. The van der Waals surface area contributed by atoms with Crippen molar-refractivity contribution in [3.05, 3.63) is 59.9 Å². The zero-order valence-electron chi connectivity index (χ0n) is 18.6. The van der Waals surface area contributed by atoms with Crippen molar-refractivity contribution >= 4 is 17.6 Å². The third kappa shape index (κ3) is 7.91. The van der Waals surface area contributed by atoms with Crippen LogP contribution in [0.15, 0.2) is 48.5 Å². The van der Waals surface area contributed by atoms with Gasteiger partial charge in [0.1, 0.15) is 11.6 Å². The maximum Gasteiger partial charge on any atom is 0.422 e. The first-order valence-electron chi connectivity index (χ1n) is 10.7.